The van der Waals surface area contributed by atoms with E-state index in [0.29, 0.717) is 16.9 Å². The molecule has 0 aliphatic carbocycles. The summed E-state index contributed by atoms with van der Waals surface area (Å²) in [6.07, 6.45) is 2.57. The van der Waals surface area contributed by atoms with Crippen LogP contribution in [0.2, 0.25) is 0 Å². The summed E-state index contributed by atoms with van der Waals surface area (Å²) >= 11 is 0. The standard InChI is InChI=1S/C14H14N4O4/c1-21-18-7-11-13(15)16-8-17-14(11)22-10-4-2-9(3-5-10)6-12(19)20/h2-5,7-8H,6H2,1H3,(H,19,20)(H2,15,16,17). The van der Waals surface area contributed by atoms with Crippen molar-refractivity contribution in [3.63, 3.8) is 0 Å². The van der Waals surface area contributed by atoms with Crippen molar-refractivity contribution >= 4 is 18.0 Å². The molecule has 0 spiro atoms. The first kappa shape index (κ1) is 15.2. The van der Waals surface area contributed by atoms with Gasteiger partial charge in [-0.15, -0.1) is 0 Å². The molecule has 0 aliphatic heterocycles. The van der Waals surface area contributed by atoms with Crippen LogP contribution in [-0.4, -0.2) is 34.4 Å². The fourth-order valence-corrected chi connectivity index (χ4v) is 1.66. The predicted octanol–water partition coefficient (Wildman–Crippen LogP) is 1.46. The molecule has 1 heterocycles. The molecule has 2 aromatic rings. The summed E-state index contributed by atoms with van der Waals surface area (Å²) in [5.41, 5.74) is 6.81. The second-order valence-corrected chi connectivity index (χ2v) is 4.21. The van der Waals surface area contributed by atoms with E-state index >= 15 is 0 Å². The average Bonchev–Trinajstić information content (AvgIpc) is 2.48. The maximum Gasteiger partial charge on any atom is 0.307 e. The second-order valence-electron chi connectivity index (χ2n) is 4.21. The molecule has 0 bridgehead atoms. The normalized spacial score (nSPS) is 10.6. The van der Waals surface area contributed by atoms with Gasteiger partial charge in [-0.1, -0.05) is 17.3 Å². The van der Waals surface area contributed by atoms with Gasteiger partial charge in [0.2, 0.25) is 5.88 Å². The molecule has 0 aliphatic rings. The van der Waals surface area contributed by atoms with Crippen molar-refractivity contribution in [2.45, 2.75) is 6.42 Å². The third-order valence-corrected chi connectivity index (χ3v) is 2.66. The van der Waals surface area contributed by atoms with Gasteiger partial charge >= 0.3 is 5.97 Å². The number of nitrogen functional groups attached to an aromatic ring is 1. The molecule has 1 aromatic carbocycles. The zero-order valence-corrected chi connectivity index (χ0v) is 11.8. The fourth-order valence-electron chi connectivity index (χ4n) is 1.66. The van der Waals surface area contributed by atoms with Crippen molar-refractivity contribution in [2.75, 3.05) is 12.8 Å². The summed E-state index contributed by atoms with van der Waals surface area (Å²) < 4.78 is 5.62. The van der Waals surface area contributed by atoms with Crippen LogP contribution in [0.3, 0.4) is 0 Å². The average molecular weight is 302 g/mol. The summed E-state index contributed by atoms with van der Waals surface area (Å²) in [4.78, 5) is 23.1. The number of rotatable bonds is 6. The van der Waals surface area contributed by atoms with Crippen LogP contribution < -0.4 is 10.5 Å². The Hall–Kier alpha value is -3.16. The van der Waals surface area contributed by atoms with E-state index in [1.807, 2.05) is 0 Å². The lowest BCUT2D eigenvalue weighted by Crippen LogP contribution is -2.03. The molecule has 8 nitrogen and oxygen atoms in total. The Bertz CT molecular complexity index is 686. The third-order valence-electron chi connectivity index (χ3n) is 2.66. The number of nitrogens with two attached hydrogens (primary N) is 1. The molecule has 0 unspecified atom stereocenters. The number of hydrogen-bond donors (Lipinski definition) is 2. The molecule has 0 saturated carbocycles. The van der Waals surface area contributed by atoms with Crippen LogP contribution >= 0.6 is 0 Å². The molecular weight excluding hydrogens is 288 g/mol. The number of aliphatic carboxylic acids is 1. The van der Waals surface area contributed by atoms with E-state index in [2.05, 4.69) is 20.0 Å². The largest absolute Gasteiger partial charge is 0.481 e. The van der Waals surface area contributed by atoms with Crippen molar-refractivity contribution in [1.29, 1.82) is 0 Å². The highest BCUT2D eigenvalue weighted by molar-refractivity contribution is 5.88. The van der Waals surface area contributed by atoms with Gasteiger partial charge in [0.05, 0.1) is 12.6 Å². The Balaban J connectivity index is 2.21. The van der Waals surface area contributed by atoms with E-state index < -0.39 is 5.97 Å². The lowest BCUT2D eigenvalue weighted by molar-refractivity contribution is -0.136. The maximum absolute atomic E-state index is 10.6. The molecule has 3 N–H and O–H groups in total. The minimum absolute atomic E-state index is 0.0491. The van der Waals surface area contributed by atoms with Gasteiger partial charge in [0, 0.05) is 0 Å². The van der Waals surface area contributed by atoms with Crippen molar-refractivity contribution in [1.82, 2.24) is 9.97 Å². The second kappa shape index (κ2) is 7.02. The maximum atomic E-state index is 10.6. The van der Waals surface area contributed by atoms with Crippen molar-refractivity contribution in [3.8, 4) is 11.6 Å². The van der Waals surface area contributed by atoms with E-state index in [1.165, 1.54) is 19.7 Å². The smallest absolute Gasteiger partial charge is 0.307 e. The number of carbonyl (C=O) groups is 1. The van der Waals surface area contributed by atoms with E-state index in [4.69, 9.17) is 15.6 Å². The Morgan fingerprint density at radius 2 is 2.09 bits per heavy atom. The van der Waals surface area contributed by atoms with Crippen molar-refractivity contribution in [2.24, 2.45) is 5.16 Å². The first-order valence-corrected chi connectivity index (χ1v) is 6.25. The Morgan fingerprint density at radius 1 is 1.36 bits per heavy atom. The van der Waals surface area contributed by atoms with Gasteiger partial charge in [-0.2, -0.15) is 0 Å². The van der Waals surface area contributed by atoms with E-state index in [1.54, 1.807) is 24.3 Å². The summed E-state index contributed by atoms with van der Waals surface area (Å²) in [7, 11) is 1.40. The Morgan fingerprint density at radius 3 is 2.73 bits per heavy atom. The van der Waals surface area contributed by atoms with Crippen LogP contribution in [0.5, 0.6) is 11.6 Å². The van der Waals surface area contributed by atoms with Gasteiger partial charge < -0.3 is 20.4 Å². The lowest BCUT2D eigenvalue weighted by atomic mass is 10.1. The number of carboxylic acids is 1. The molecule has 0 atom stereocenters. The molecule has 0 fully saturated rings. The first-order chi connectivity index (χ1) is 10.6. The Kier molecular flexibility index (Phi) is 4.86. The summed E-state index contributed by atoms with van der Waals surface area (Å²) in [5, 5.41) is 12.4. The lowest BCUT2D eigenvalue weighted by Gasteiger charge is -2.08. The minimum Gasteiger partial charge on any atom is -0.481 e. The van der Waals surface area contributed by atoms with Crippen LogP contribution in [0.1, 0.15) is 11.1 Å². The Labute approximate surface area is 126 Å². The zero-order chi connectivity index (χ0) is 15.9. The highest BCUT2D eigenvalue weighted by atomic mass is 16.6. The third kappa shape index (κ3) is 3.92. The van der Waals surface area contributed by atoms with Crippen LogP contribution in [0.25, 0.3) is 0 Å². The number of carboxylic acid groups (broad SMARTS) is 1. The number of aromatic nitrogens is 2. The number of benzene rings is 1. The molecule has 1 aromatic heterocycles. The topological polar surface area (TPSA) is 120 Å². The van der Waals surface area contributed by atoms with E-state index in [0.717, 1.165) is 0 Å². The molecule has 22 heavy (non-hydrogen) atoms. The molecule has 0 amide bonds. The molecule has 8 heteroatoms. The molecule has 114 valence electrons. The SMILES string of the molecule is CON=Cc1c(N)ncnc1Oc1ccc(CC(=O)O)cc1. The van der Waals surface area contributed by atoms with Crippen molar-refractivity contribution < 1.29 is 19.5 Å². The molecule has 0 saturated heterocycles. The van der Waals surface area contributed by atoms with Gasteiger partial charge in [0.25, 0.3) is 0 Å². The summed E-state index contributed by atoms with van der Waals surface area (Å²) in [6, 6.07) is 6.62. The molecule has 0 radical (unpaired) electrons. The number of anilines is 1. The van der Waals surface area contributed by atoms with Crippen LogP contribution in [0, 0.1) is 0 Å². The van der Waals surface area contributed by atoms with Gasteiger partial charge in [-0.3, -0.25) is 4.79 Å². The predicted molar refractivity (Wildman–Crippen MR) is 78.9 cm³/mol. The highest BCUT2D eigenvalue weighted by Crippen LogP contribution is 2.24. The summed E-state index contributed by atoms with van der Waals surface area (Å²) in [6.45, 7) is 0. The molecule has 2 rings (SSSR count). The van der Waals surface area contributed by atoms with Gasteiger partial charge in [-0.25, -0.2) is 9.97 Å². The van der Waals surface area contributed by atoms with Gasteiger partial charge in [0.15, 0.2) is 0 Å². The van der Waals surface area contributed by atoms with Crippen LogP contribution in [0.15, 0.2) is 35.7 Å². The van der Waals surface area contributed by atoms with Crippen molar-refractivity contribution in [3.05, 3.63) is 41.7 Å². The fraction of sp³-hybridized carbons (Fsp3) is 0.143. The van der Waals surface area contributed by atoms with Crippen LogP contribution in [-0.2, 0) is 16.1 Å². The summed E-state index contributed by atoms with van der Waals surface area (Å²) in [5.74, 6) is 0.0159. The number of nitrogens with zero attached hydrogens (tertiary/aromatic N) is 3. The van der Waals surface area contributed by atoms with E-state index in [9.17, 15) is 4.79 Å². The molecular formula is C14H14N4O4. The van der Waals surface area contributed by atoms with Gasteiger partial charge in [-0.05, 0) is 17.7 Å². The number of hydrogen-bond acceptors (Lipinski definition) is 7. The number of oxime groups is 1. The zero-order valence-electron chi connectivity index (χ0n) is 11.8. The monoisotopic (exact) mass is 302 g/mol. The van der Waals surface area contributed by atoms with Crippen LogP contribution in [0.4, 0.5) is 5.82 Å². The number of ether oxygens (including phenoxy) is 1. The van der Waals surface area contributed by atoms with E-state index in [-0.39, 0.29) is 18.1 Å². The minimum atomic E-state index is -0.893. The first-order valence-electron chi connectivity index (χ1n) is 6.25. The highest BCUT2D eigenvalue weighted by Gasteiger charge is 2.10. The van der Waals surface area contributed by atoms with Gasteiger partial charge in [0.1, 0.15) is 30.6 Å². The quantitative estimate of drug-likeness (QED) is 0.612.